The second-order valence-electron chi connectivity index (χ2n) is 10.8. The molecule has 5 atom stereocenters. The van der Waals surface area contributed by atoms with Gasteiger partial charge in [0.25, 0.3) is 0 Å². The van der Waals surface area contributed by atoms with Crippen LogP contribution in [-0.2, 0) is 0 Å². The average Bonchev–Trinajstić information content (AvgIpc) is 3.04. The standard InChI is InChI=1S/C28H41FO2/c1-18(9-10-19(2)27(4,5)31)24-13-14-25-21(8-7-15-28(24,25)6)11-12-22-16-23(30)17-26(29)20(22)3/h10-13,18,23,25-26,30-31H,3,7-9,14-17H2,1-2,4-6H3/b19-10+,21-11+,22-12-/t18?,23-,25+,26-,28-/m1/s1. The highest BCUT2D eigenvalue weighted by Crippen LogP contribution is 2.57. The Labute approximate surface area is 188 Å². The third-order valence-electron chi connectivity index (χ3n) is 8.11. The molecule has 2 saturated carbocycles. The van der Waals surface area contributed by atoms with E-state index in [9.17, 15) is 14.6 Å². The van der Waals surface area contributed by atoms with Gasteiger partial charge in [-0.25, -0.2) is 4.39 Å². The zero-order valence-corrected chi connectivity index (χ0v) is 20.0. The summed E-state index contributed by atoms with van der Waals surface area (Å²) >= 11 is 0. The lowest BCUT2D eigenvalue weighted by molar-refractivity contribution is 0.119. The molecule has 2 nitrogen and oxygen atoms in total. The summed E-state index contributed by atoms with van der Waals surface area (Å²) in [5.74, 6) is 0.948. The molecular formula is C28H41FO2. The van der Waals surface area contributed by atoms with Crippen LogP contribution in [0.15, 0.2) is 58.7 Å². The summed E-state index contributed by atoms with van der Waals surface area (Å²) in [6.07, 6.45) is 13.3. The fourth-order valence-electron chi connectivity index (χ4n) is 5.78. The van der Waals surface area contributed by atoms with E-state index in [0.29, 0.717) is 23.8 Å². The van der Waals surface area contributed by atoms with Crippen molar-refractivity contribution in [2.45, 2.75) is 97.4 Å². The Bertz CT molecular complexity index is 822. The molecule has 3 rings (SSSR count). The lowest BCUT2D eigenvalue weighted by Gasteiger charge is -2.42. The van der Waals surface area contributed by atoms with Crippen LogP contribution < -0.4 is 0 Å². The van der Waals surface area contributed by atoms with E-state index in [1.54, 1.807) is 5.57 Å². The van der Waals surface area contributed by atoms with Crippen LogP contribution in [0.2, 0.25) is 0 Å². The lowest BCUT2D eigenvalue weighted by atomic mass is 9.62. The molecule has 0 aromatic heterocycles. The number of aliphatic hydroxyl groups excluding tert-OH is 1. The third-order valence-corrected chi connectivity index (χ3v) is 8.11. The molecule has 1 unspecified atom stereocenters. The Kier molecular flexibility index (Phi) is 7.18. The predicted octanol–water partition coefficient (Wildman–Crippen LogP) is 6.77. The van der Waals surface area contributed by atoms with Crippen molar-refractivity contribution in [3.05, 3.63) is 58.7 Å². The molecule has 3 heteroatoms. The van der Waals surface area contributed by atoms with Crippen LogP contribution in [0.5, 0.6) is 0 Å². The summed E-state index contributed by atoms with van der Waals surface area (Å²) in [7, 11) is 0. The average molecular weight is 429 g/mol. The van der Waals surface area contributed by atoms with Gasteiger partial charge in [0.05, 0.1) is 11.7 Å². The van der Waals surface area contributed by atoms with Crippen molar-refractivity contribution in [1.29, 1.82) is 0 Å². The van der Waals surface area contributed by atoms with Crippen LogP contribution in [0.3, 0.4) is 0 Å². The van der Waals surface area contributed by atoms with Crippen molar-refractivity contribution in [3.8, 4) is 0 Å². The van der Waals surface area contributed by atoms with Crippen LogP contribution in [0, 0.1) is 17.3 Å². The molecular weight excluding hydrogens is 387 g/mol. The van der Waals surface area contributed by atoms with E-state index in [4.69, 9.17) is 0 Å². The fraction of sp³-hybridized carbons (Fsp3) is 0.643. The maximum Gasteiger partial charge on any atom is 0.127 e. The van der Waals surface area contributed by atoms with E-state index < -0.39 is 17.9 Å². The minimum absolute atomic E-state index is 0.167. The number of fused-ring (bicyclic) bond motifs is 1. The normalized spacial score (nSPS) is 36.0. The summed E-state index contributed by atoms with van der Waals surface area (Å²) in [4.78, 5) is 0. The minimum atomic E-state index is -1.13. The summed E-state index contributed by atoms with van der Waals surface area (Å²) in [6, 6.07) is 0. The van der Waals surface area contributed by atoms with E-state index >= 15 is 0 Å². The molecule has 0 aromatic carbocycles. The summed E-state index contributed by atoms with van der Waals surface area (Å²) in [5, 5.41) is 20.2. The van der Waals surface area contributed by atoms with Crippen molar-refractivity contribution >= 4 is 0 Å². The minimum Gasteiger partial charge on any atom is -0.393 e. The van der Waals surface area contributed by atoms with Crippen LogP contribution in [0.4, 0.5) is 4.39 Å². The van der Waals surface area contributed by atoms with E-state index in [-0.39, 0.29) is 11.8 Å². The molecule has 172 valence electrons. The van der Waals surface area contributed by atoms with Crippen molar-refractivity contribution in [2.24, 2.45) is 17.3 Å². The first-order chi connectivity index (χ1) is 14.4. The molecule has 0 radical (unpaired) electrons. The molecule has 2 fully saturated rings. The van der Waals surface area contributed by atoms with Gasteiger partial charge in [-0.3, -0.25) is 0 Å². The topological polar surface area (TPSA) is 40.5 Å². The molecule has 3 aliphatic rings. The first-order valence-corrected chi connectivity index (χ1v) is 11.9. The Morgan fingerprint density at radius 3 is 2.77 bits per heavy atom. The fourth-order valence-corrected chi connectivity index (χ4v) is 5.78. The monoisotopic (exact) mass is 428 g/mol. The van der Waals surface area contributed by atoms with E-state index in [0.717, 1.165) is 30.4 Å². The highest BCUT2D eigenvalue weighted by Gasteiger charge is 2.45. The van der Waals surface area contributed by atoms with Gasteiger partial charge in [0.15, 0.2) is 0 Å². The van der Waals surface area contributed by atoms with Gasteiger partial charge >= 0.3 is 0 Å². The van der Waals surface area contributed by atoms with Crippen molar-refractivity contribution < 1.29 is 14.6 Å². The van der Waals surface area contributed by atoms with E-state index in [1.165, 1.54) is 18.4 Å². The molecule has 2 N–H and O–H groups in total. The number of hydrogen-bond acceptors (Lipinski definition) is 2. The molecule has 0 saturated heterocycles. The SMILES string of the molecule is C=C1/C(=C\C=C2/CCC[C@]3(C)C(C(C)C/C=C(\C)C(C)(C)O)=CC[C@@H]23)C[C@@H](O)C[C@H]1F. The molecule has 0 bridgehead atoms. The van der Waals surface area contributed by atoms with Crippen molar-refractivity contribution in [3.63, 3.8) is 0 Å². The van der Waals surface area contributed by atoms with Crippen molar-refractivity contribution in [1.82, 2.24) is 0 Å². The second-order valence-corrected chi connectivity index (χ2v) is 10.8. The van der Waals surface area contributed by atoms with E-state index in [1.807, 2.05) is 26.8 Å². The molecule has 31 heavy (non-hydrogen) atoms. The summed E-state index contributed by atoms with van der Waals surface area (Å²) < 4.78 is 14.1. The van der Waals surface area contributed by atoms with Crippen LogP contribution in [-0.4, -0.2) is 28.1 Å². The number of hydrogen-bond donors (Lipinski definition) is 2. The van der Waals surface area contributed by atoms with Gasteiger partial charge in [0.1, 0.15) is 6.17 Å². The lowest BCUT2D eigenvalue weighted by Crippen LogP contribution is -2.32. The summed E-state index contributed by atoms with van der Waals surface area (Å²) in [5.41, 5.74) is 4.83. The molecule has 0 aliphatic heterocycles. The van der Waals surface area contributed by atoms with Crippen LogP contribution in [0.25, 0.3) is 0 Å². The largest absolute Gasteiger partial charge is 0.393 e. The molecule has 0 aromatic rings. The predicted molar refractivity (Wildman–Crippen MR) is 127 cm³/mol. The van der Waals surface area contributed by atoms with Crippen LogP contribution >= 0.6 is 0 Å². The van der Waals surface area contributed by atoms with Gasteiger partial charge in [0, 0.05) is 6.42 Å². The van der Waals surface area contributed by atoms with Gasteiger partial charge < -0.3 is 10.2 Å². The zero-order chi connectivity index (χ0) is 23.0. The third kappa shape index (κ3) is 5.14. The maximum atomic E-state index is 14.1. The Hall–Kier alpha value is -1.45. The number of rotatable bonds is 5. The number of aliphatic hydroxyl groups is 2. The molecule has 3 aliphatic carbocycles. The maximum absolute atomic E-state index is 14.1. The molecule has 0 amide bonds. The Balaban J connectivity index is 1.77. The van der Waals surface area contributed by atoms with Gasteiger partial charge in [-0.2, -0.15) is 0 Å². The van der Waals surface area contributed by atoms with Gasteiger partial charge in [-0.05, 0) is 93.3 Å². The Morgan fingerprint density at radius 2 is 2.10 bits per heavy atom. The quantitative estimate of drug-likeness (QED) is 0.475. The Morgan fingerprint density at radius 1 is 1.39 bits per heavy atom. The zero-order valence-electron chi connectivity index (χ0n) is 20.0. The summed E-state index contributed by atoms with van der Waals surface area (Å²) in [6.45, 7) is 14.3. The highest BCUT2D eigenvalue weighted by molar-refractivity contribution is 5.40. The number of halogens is 1. The van der Waals surface area contributed by atoms with Gasteiger partial charge in [-0.15, -0.1) is 0 Å². The van der Waals surface area contributed by atoms with Crippen molar-refractivity contribution in [2.75, 3.05) is 0 Å². The first-order valence-electron chi connectivity index (χ1n) is 11.9. The molecule has 0 spiro atoms. The number of alkyl halides is 1. The number of allylic oxidation sites excluding steroid dienone is 7. The molecule has 0 heterocycles. The highest BCUT2D eigenvalue weighted by atomic mass is 19.1. The van der Waals surface area contributed by atoms with Crippen LogP contribution in [0.1, 0.15) is 79.6 Å². The first kappa shape index (κ1) is 24.2. The van der Waals surface area contributed by atoms with Gasteiger partial charge in [0.2, 0.25) is 0 Å². The van der Waals surface area contributed by atoms with Gasteiger partial charge in [-0.1, -0.05) is 55.9 Å². The van der Waals surface area contributed by atoms with E-state index in [2.05, 4.69) is 38.7 Å². The smallest absolute Gasteiger partial charge is 0.127 e. The second kappa shape index (κ2) is 9.19.